The van der Waals surface area contributed by atoms with E-state index in [1.165, 1.54) is 15.9 Å². The van der Waals surface area contributed by atoms with Crippen molar-refractivity contribution in [1.29, 1.82) is 0 Å². The molecule has 1 aliphatic rings. The molecule has 0 bridgehead atoms. The van der Waals surface area contributed by atoms with Gasteiger partial charge in [0.2, 0.25) is 5.95 Å². The molecule has 0 spiro atoms. The normalized spacial score (nSPS) is 21.7. The second-order valence-corrected chi connectivity index (χ2v) is 3.54. The summed E-state index contributed by atoms with van der Waals surface area (Å²) in [4.78, 5) is 17.0. The molecule has 2 heterocycles. The van der Waals surface area contributed by atoms with E-state index in [2.05, 4.69) is 10.1 Å². The Morgan fingerprint density at radius 3 is 2.53 bits per heavy atom. The van der Waals surface area contributed by atoms with Crippen LogP contribution in [-0.4, -0.2) is 32.0 Å². The van der Waals surface area contributed by atoms with Gasteiger partial charge in [-0.25, -0.2) is 9.58 Å². The molecule has 0 fully saturated rings. The van der Waals surface area contributed by atoms with Gasteiger partial charge >= 0.3 is 0 Å². The van der Waals surface area contributed by atoms with Crippen LogP contribution in [0.15, 0.2) is 17.5 Å². The molecule has 6 nitrogen and oxygen atoms in total. The van der Waals surface area contributed by atoms with Crippen LogP contribution in [0.1, 0.15) is 13.8 Å². The van der Waals surface area contributed by atoms with Crippen molar-refractivity contribution in [2.24, 2.45) is 7.05 Å². The Morgan fingerprint density at radius 2 is 2.13 bits per heavy atom. The van der Waals surface area contributed by atoms with Gasteiger partial charge in [0.1, 0.15) is 6.33 Å². The highest BCUT2D eigenvalue weighted by Gasteiger charge is 2.36. The highest BCUT2D eigenvalue weighted by Crippen LogP contribution is 2.27. The van der Waals surface area contributed by atoms with E-state index in [4.69, 9.17) is 0 Å². The van der Waals surface area contributed by atoms with Crippen LogP contribution in [0.2, 0.25) is 0 Å². The number of aryl methyl sites for hydroxylation is 1. The minimum Gasteiger partial charge on any atom is -0.369 e. The van der Waals surface area contributed by atoms with E-state index in [0.29, 0.717) is 17.1 Å². The number of anilines is 1. The molecule has 1 aliphatic heterocycles. The van der Waals surface area contributed by atoms with Gasteiger partial charge in [0, 0.05) is 12.6 Å². The van der Waals surface area contributed by atoms with Crippen molar-refractivity contribution in [2.75, 3.05) is 4.90 Å². The molecule has 6 heteroatoms. The van der Waals surface area contributed by atoms with Crippen molar-refractivity contribution in [2.45, 2.75) is 20.1 Å². The van der Waals surface area contributed by atoms with E-state index in [1.54, 1.807) is 20.9 Å². The van der Waals surface area contributed by atoms with Crippen molar-refractivity contribution >= 4 is 11.9 Å². The summed E-state index contributed by atoms with van der Waals surface area (Å²) in [7, 11) is 1.67. The van der Waals surface area contributed by atoms with E-state index in [9.17, 15) is 9.90 Å². The van der Waals surface area contributed by atoms with Gasteiger partial charge in [-0.3, -0.25) is 4.79 Å². The maximum absolute atomic E-state index is 11.8. The van der Waals surface area contributed by atoms with Crippen molar-refractivity contribution in [1.82, 2.24) is 14.8 Å². The van der Waals surface area contributed by atoms with Gasteiger partial charge < -0.3 is 5.11 Å². The lowest BCUT2D eigenvalue weighted by Crippen LogP contribution is -2.37. The van der Waals surface area contributed by atoms with E-state index < -0.39 is 6.23 Å². The maximum atomic E-state index is 11.8. The SMILES string of the molecule is CC1=C(C)C(O)N(c2ncnn2C)C1=O. The van der Waals surface area contributed by atoms with Crippen molar-refractivity contribution in [3.05, 3.63) is 17.5 Å². The second-order valence-electron chi connectivity index (χ2n) is 3.54. The first-order valence-electron chi connectivity index (χ1n) is 4.57. The van der Waals surface area contributed by atoms with Crippen molar-refractivity contribution < 1.29 is 9.90 Å². The number of hydrogen-bond acceptors (Lipinski definition) is 4. The number of carbonyl (C=O) groups is 1. The van der Waals surface area contributed by atoms with Gasteiger partial charge in [0.25, 0.3) is 5.91 Å². The highest BCUT2D eigenvalue weighted by atomic mass is 16.3. The third kappa shape index (κ3) is 1.25. The van der Waals surface area contributed by atoms with Crippen LogP contribution in [0, 0.1) is 0 Å². The summed E-state index contributed by atoms with van der Waals surface area (Å²) in [5.74, 6) is 0.125. The number of amides is 1. The molecule has 0 saturated carbocycles. The third-order valence-electron chi connectivity index (χ3n) is 2.67. The van der Waals surface area contributed by atoms with Crippen LogP contribution in [0.3, 0.4) is 0 Å². The highest BCUT2D eigenvalue weighted by molar-refractivity contribution is 6.08. The molecule has 1 aromatic rings. The monoisotopic (exact) mass is 208 g/mol. The first-order chi connectivity index (χ1) is 7.04. The van der Waals surface area contributed by atoms with Gasteiger partial charge in [0.05, 0.1) is 0 Å². The summed E-state index contributed by atoms with van der Waals surface area (Å²) in [5, 5.41) is 13.7. The van der Waals surface area contributed by atoms with Crippen LogP contribution in [0.4, 0.5) is 5.95 Å². The molecular weight excluding hydrogens is 196 g/mol. The summed E-state index contributed by atoms with van der Waals surface area (Å²) in [6, 6.07) is 0. The van der Waals surface area contributed by atoms with Gasteiger partial charge in [-0.15, -0.1) is 0 Å². The number of aliphatic hydroxyl groups excluding tert-OH is 1. The zero-order valence-electron chi connectivity index (χ0n) is 8.80. The zero-order valence-corrected chi connectivity index (χ0v) is 8.80. The van der Waals surface area contributed by atoms with Gasteiger partial charge in [-0.05, 0) is 19.4 Å². The van der Waals surface area contributed by atoms with Crippen LogP contribution in [0.5, 0.6) is 0 Å². The Hall–Kier alpha value is -1.69. The predicted molar refractivity (Wildman–Crippen MR) is 52.9 cm³/mol. The fraction of sp³-hybridized carbons (Fsp3) is 0.444. The number of hydrogen-bond donors (Lipinski definition) is 1. The summed E-state index contributed by atoms with van der Waals surface area (Å²) < 4.78 is 1.45. The largest absolute Gasteiger partial charge is 0.369 e. The Balaban J connectivity index is 2.43. The molecule has 15 heavy (non-hydrogen) atoms. The molecule has 0 aromatic carbocycles. The molecular formula is C9H12N4O2. The topological polar surface area (TPSA) is 71.2 Å². The fourth-order valence-electron chi connectivity index (χ4n) is 1.56. The average molecular weight is 208 g/mol. The average Bonchev–Trinajstić information content (AvgIpc) is 2.68. The summed E-state index contributed by atoms with van der Waals surface area (Å²) in [6.07, 6.45) is 0.415. The fourth-order valence-corrected chi connectivity index (χ4v) is 1.56. The Bertz CT molecular complexity index is 449. The molecule has 1 atom stereocenters. The Morgan fingerprint density at radius 1 is 1.47 bits per heavy atom. The molecule has 1 amide bonds. The predicted octanol–water partition coefficient (Wildman–Crippen LogP) is -0.184. The standard InChI is InChI=1S/C9H12N4O2/c1-5-6(2)8(15)13(7(5)14)9-10-4-11-12(9)3/h4,7,14H,1-3H3. The zero-order chi connectivity index (χ0) is 11.2. The number of aliphatic hydroxyl groups is 1. The third-order valence-corrected chi connectivity index (χ3v) is 2.67. The lowest BCUT2D eigenvalue weighted by Gasteiger charge is -2.19. The lowest BCUT2D eigenvalue weighted by molar-refractivity contribution is -0.115. The molecule has 0 aliphatic carbocycles. The second kappa shape index (κ2) is 3.16. The Kier molecular flexibility index (Phi) is 2.08. The maximum Gasteiger partial charge on any atom is 0.258 e. The molecule has 2 rings (SSSR count). The smallest absolute Gasteiger partial charge is 0.258 e. The van der Waals surface area contributed by atoms with E-state index in [-0.39, 0.29) is 5.91 Å². The van der Waals surface area contributed by atoms with Crippen LogP contribution in [-0.2, 0) is 11.8 Å². The van der Waals surface area contributed by atoms with Crippen LogP contribution in [0.25, 0.3) is 0 Å². The van der Waals surface area contributed by atoms with Crippen LogP contribution < -0.4 is 4.90 Å². The number of nitrogens with zero attached hydrogens (tertiary/aromatic N) is 4. The van der Waals surface area contributed by atoms with Crippen LogP contribution >= 0.6 is 0 Å². The van der Waals surface area contributed by atoms with E-state index >= 15 is 0 Å². The van der Waals surface area contributed by atoms with Gasteiger partial charge in [0.15, 0.2) is 6.23 Å². The number of aromatic nitrogens is 3. The number of rotatable bonds is 1. The van der Waals surface area contributed by atoms with Crippen molar-refractivity contribution in [3.8, 4) is 0 Å². The Labute approximate surface area is 86.8 Å². The first-order valence-corrected chi connectivity index (χ1v) is 4.57. The van der Waals surface area contributed by atoms with Gasteiger partial charge in [-0.2, -0.15) is 10.1 Å². The first kappa shape index (κ1) is 9.85. The molecule has 1 unspecified atom stereocenters. The minimum absolute atomic E-state index is 0.226. The molecule has 1 aromatic heterocycles. The minimum atomic E-state index is -0.930. The molecule has 80 valence electrons. The summed E-state index contributed by atoms with van der Waals surface area (Å²) in [5.41, 5.74) is 1.22. The quantitative estimate of drug-likeness (QED) is 0.694. The summed E-state index contributed by atoms with van der Waals surface area (Å²) in [6.45, 7) is 3.42. The summed E-state index contributed by atoms with van der Waals surface area (Å²) >= 11 is 0. The molecule has 0 radical (unpaired) electrons. The van der Waals surface area contributed by atoms with Gasteiger partial charge in [-0.1, -0.05) is 0 Å². The van der Waals surface area contributed by atoms with Crippen molar-refractivity contribution in [3.63, 3.8) is 0 Å². The van der Waals surface area contributed by atoms with E-state index in [0.717, 1.165) is 0 Å². The number of carbonyl (C=O) groups excluding carboxylic acids is 1. The molecule has 0 saturated heterocycles. The van der Waals surface area contributed by atoms with E-state index in [1.807, 2.05) is 0 Å². The molecule has 1 N–H and O–H groups in total. The lowest BCUT2D eigenvalue weighted by atomic mass is 10.2.